The van der Waals surface area contributed by atoms with E-state index in [4.69, 9.17) is 28.3 Å². The van der Waals surface area contributed by atoms with Crippen molar-refractivity contribution in [2.75, 3.05) is 0 Å². The molecule has 0 aliphatic rings. The van der Waals surface area contributed by atoms with Crippen LogP contribution in [0.1, 0.15) is 5.69 Å². The summed E-state index contributed by atoms with van der Waals surface area (Å²) in [6, 6.07) is 5.03. The largest absolute Gasteiger partial charge is 0.481 e. The molecule has 1 N–H and O–H groups in total. The summed E-state index contributed by atoms with van der Waals surface area (Å²) in [5, 5.41) is 11.2. The van der Waals surface area contributed by atoms with Crippen LogP contribution >= 0.6 is 23.2 Å². The molecule has 0 saturated heterocycles. The van der Waals surface area contributed by atoms with Crippen LogP contribution in [0.2, 0.25) is 10.0 Å². The molecule has 0 aliphatic heterocycles. The molecule has 0 saturated carbocycles. The lowest BCUT2D eigenvalue weighted by atomic mass is 10.1. The Labute approximate surface area is 102 Å². The summed E-state index contributed by atoms with van der Waals surface area (Å²) in [5.74, 6) is -0.934. The number of fused-ring (bicyclic) bond motifs is 1. The Morgan fingerprint density at radius 1 is 1.31 bits per heavy atom. The van der Waals surface area contributed by atoms with Gasteiger partial charge in [-0.1, -0.05) is 23.2 Å². The number of carboxylic acid groups (broad SMARTS) is 1. The normalized spacial score (nSPS) is 10.6. The molecule has 0 radical (unpaired) electrons. The monoisotopic (exact) mass is 255 g/mol. The number of aromatic nitrogens is 1. The first-order valence-corrected chi connectivity index (χ1v) is 5.28. The molecule has 1 heterocycles. The summed E-state index contributed by atoms with van der Waals surface area (Å²) in [5.41, 5.74) is 0.467. The molecule has 3 nitrogen and oxygen atoms in total. The molecule has 5 heteroatoms. The average Bonchev–Trinajstić information content (AvgIpc) is 2.18. The maximum absolute atomic E-state index is 10.7. The number of rotatable bonds is 2. The molecule has 2 aromatic rings. The zero-order valence-electron chi connectivity index (χ0n) is 8.08. The molecule has 0 fully saturated rings. The van der Waals surface area contributed by atoms with E-state index >= 15 is 0 Å². The molecule has 0 aliphatic carbocycles. The van der Waals surface area contributed by atoms with Gasteiger partial charge in [-0.25, -0.2) is 0 Å². The van der Waals surface area contributed by atoms with E-state index in [9.17, 15) is 4.79 Å². The van der Waals surface area contributed by atoms with Crippen LogP contribution in [0, 0.1) is 0 Å². The second-order valence-electron chi connectivity index (χ2n) is 3.31. The van der Waals surface area contributed by atoms with E-state index in [0.29, 0.717) is 21.1 Å². The van der Waals surface area contributed by atoms with Crippen molar-refractivity contribution in [1.82, 2.24) is 4.98 Å². The van der Waals surface area contributed by atoms with Crippen molar-refractivity contribution in [2.24, 2.45) is 0 Å². The standard InChI is InChI=1S/C11H7Cl2NO2/c12-6-3-8-7(9(13)4-6)1-2-14-10(8)5-11(15)16/h1-4H,5H2,(H,15,16). The van der Waals surface area contributed by atoms with Gasteiger partial charge in [0, 0.05) is 27.0 Å². The highest BCUT2D eigenvalue weighted by atomic mass is 35.5. The van der Waals surface area contributed by atoms with E-state index in [0.717, 1.165) is 5.39 Å². The molecule has 1 aromatic carbocycles. The highest BCUT2D eigenvalue weighted by Gasteiger charge is 2.09. The molecule has 82 valence electrons. The number of hydrogen-bond acceptors (Lipinski definition) is 2. The van der Waals surface area contributed by atoms with Gasteiger partial charge in [-0.3, -0.25) is 9.78 Å². The number of aliphatic carboxylic acids is 1. The molecular weight excluding hydrogens is 249 g/mol. The fraction of sp³-hybridized carbons (Fsp3) is 0.0909. The Kier molecular flexibility index (Phi) is 2.99. The van der Waals surface area contributed by atoms with Gasteiger partial charge < -0.3 is 5.11 Å². The lowest BCUT2D eigenvalue weighted by Gasteiger charge is -2.05. The average molecular weight is 256 g/mol. The third-order valence-corrected chi connectivity index (χ3v) is 2.73. The second-order valence-corrected chi connectivity index (χ2v) is 4.15. The number of carbonyl (C=O) groups is 1. The van der Waals surface area contributed by atoms with Crippen LogP contribution in [-0.4, -0.2) is 16.1 Å². The van der Waals surface area contributed by atoms with E-state index in [2.05, 4.69) is 4.98 Å². The first-order chi connectivity index (χ1) is 7.58. The summed E-state index contributed by atoms with van der Waals surface area (Å²) in [6.07, 6.45) is 1.40. The number of nitrogens with zero attached hydrogens (tertiary/aromatic N) is 1. The Morgan fingerprint density at radius 2 is 2.06 bits per heavy atom. The molecule has 16 heavy (non-hydrogen) atoms. The summed E-state index contributed by atoms with van der Waals surface area (Å²) in [7, 11) is 0. The van der Waals surface area contributed by atoms with Gasteiger partial charge in [0.15, 0.2) is 0 Å². The smallest absolute Gasteiger partial charge is 0.309 e. The second kappa shape index (κ2) is 4.28. The van der Waals surface area contributed by atoms with Gasteiger partial charge in [0.1, 0.15) is 0 Å². The Morgan fingerprint density at radius 3 is 2.75 bits per heavy atom. The summed E-state index contributed by atoms with van der Waals surface area (Å²) in [4.78, 5) is 14.7. The van der Waals surface area contributed by atoms with Crippen molar-refractivity contribution >= 4 is 39.9 Å². The van der Waals surface area contributed by atoms with Gasteiger partial charge >= 0.3 is 5.97 Å². The molecule has 0 amide bonds. The molecule has 0 unspecified atom stereocenters. The van der Waals surface area contributed by atoms with Crippen LogP contribution < -0.4 is 0 Å². The minimum absolute atomic E-state index is 0.145. The van der Waals surface area contributed by atoms with Crippen LogP contribution in [0.3, 0.4) is 0 Å². The van der Waals surface area contributed by atoms with E-state index in [-0.39, 0.29) is 6.42 Å². The van der Waals surface area contributed by atoms with E-state index in [1.54, 1.807) is 24.4 Å². The lowest BCUT2D eigenvalue weighted by molar-refractivity contribution is -0.136. The molecule has 0 atom stereocenters. The first-order valence-electron chi connectivity index (χ1n) is 4.52. The van der Waals surface area contributed by atoms with Crippen LogP contribution in [0.15, 0.2) is 24.4 Å². The number of carboxylic acids is 1. The quantitative estimate of drug-likeness (QED) is 0.897. The Bertz CT molecular complexity index is 569. The highest BCUT2D eigenvalue weighted by molar-refractivity contribution is 6.38. The topological polar surface area (TPSA) is 50.2 Å². The number of benzene rings is 1. The van der Waals surface area contributed by atoms with Crippen LogP contribution in [0.5, 0.6) is 0 Å². The van der Waals surface area contributed by atoms with Crippen LogP contribution in [0.25, 0.3) is 10.8 Å². The van der Waals surface area contributed by atoms with E-state index in [1.165, 1.54) is 0 Å². The molecule has 0 spiro atoms. The molecule has 0 bridgehead atoms. The number of halogens is 2. The van der Waals surface area contributed by atoms with Crippen molar-refractivity contribution in [3.8, 4) is 0 Å². The number of hydrogen-bond donors (Lipinski definition) is 1. The van der Waals surface area contributed by atoms with Gasteiger partial charge in [-0.15, -0.1) is 0 Å². The third-order valence-electron chi connectivity index (χ3n) is 2.20. The predicted octanol–water partition coefficient (Wildman–Crippen LogP) is 3.17. The number of pyridine rings is 1. The Hall–Kier alpha value is -1.32. The SMILES string of the molecule is O=C(O)Cc1nccc2c(Cl)cc(Cl)cc12. The fourth-order valence-electron chi connectivity index (χ4n) is 1.55. The maximum atomic E-state index is 10.7. The minimum Gasteiger partial charge on any atom is -0.481 e. The maximum Gasteiger partial charge on any atom is 0.309 e. The predicted molar refractivity (Wildman–Crippen MR) is 63.1 cm³/mol. The summed E-state index contributed by atoms with van der Waals surface area (Å²) in [6.45, 7) is 0. The molecule has 2 rings (SSSR count). The van der Waals surface area contributed by atoms with Crippen LogP contribution in [0.4, 0.5) is 0 Å². The van der Waals surface area contributed by atoms with Gasteiger partial charge in [-0.05, 0) is 18.2 Å². The zero-order chi connectivity index (χ0) is 11.7. The van der Waals surface area contributed by atoms with Crippen molar-refractivity contribution in [1.29, 1.82) is 0 Å². The summed E-state index contributed by atoms with van der Waals surface area (Å²) < 4.78 is 0. The lowest BCUT2D eigenvalue weighted by Crippen LogP contribution is -2.02. The van der Waals surface area contributed by atoms with Crippen molar-refractivity contribution in [3.05, 3.63) is 40.1 Å². The summed E-state index contributed by atoms with van der Waals surface area (Å²) >= 11 is 11.9. The van der Waals surface area contributed by atoms with Crippen LogP contribution in [-0.2, 0) is 11.2 Å². The minimum atomic E-state index is -0.934. The Balaban J connectivity index is 2.71. The molecular formula is C11H7Cl2NO2. The fourth-order valence-corrected chi connectivity index (χ4v) is 2.10. The first kappa shape index (κ1) is 11.2. The van der Waals surface area contributed by atoms with Gasteiger partial charge in [0.05, 0.1) is 12.1 Å². The van der Waals surface area contributed by atoms with Gasteiger partial charge in [0.25, 0.3) is 0 Å². The van der Waals surface area contributed by atoms with Gasteiger partial charge in [-0.2, -0.15) is 0 Å². The van der Waals surface area contributed by atoms with E-state index in [1.807, 2.05) is 0 Å². The van der Waals surface area contributed by atoms with Crippen molar-refractivity contribution in [3.63, 3.8) is 0 Å². The highest BCUT2D eigenvalue weighted by Crippen LogP contribution is 2.29. The van der Waals surface area contributed by atoms with Crippen molar-refractivity contribution in [2.45, 2.75) is 6.42 Å². The zero-order valence-corrected chi connectivity index (χ0v) is 9.59. The van der Waals surface area contributed by atoms with E-state index < -0.39 is 5.97 Å². The molecule has 1 aromatic heterocycles. The van der Waals surface area contributed by atoms with Crippen molar-refractivity contribution < 1.29 is 9.90 Å². The third kappa shape index (κ3) is 2.10. The van der Waals surface area contributed by atoms with Gasteiger partial charge in [0.2, 0.25) is 0 Å².